The number of carbonyl (C=O) groups excluding carboxylic acids is 3. The minimum Gasteiger partial charge on any atom is -0.352 e. The summed E-state index contributed by atoms with van der Waals surface area (Å²) in [6, 6.07) is 16.4. The van der Waals surface area contributed by atoms with Crippen LogP contribution < -0.4 is 9.80 Å². The SMILES string of the molecule is O=C(c1ccc(Br)cc1)[C@H]1[C@H]2C(=O)N(c3ccccc3F)C(=O)[C@H]2[C@@H]2C=Cc3ccc(Cl)cc3N21. The summed E-state index contributed by atoms with van der Waals surface area (Å²) < 4.78 is 15.5. The lowest BCUT2D eigenvalue weighted by molar-refractivity contribution is -0.122. The topological polar surface area (TPSA) is 57.7 Å². The molecule has 2 saturated heterocycles. The third-order valence-electron chi connectivity index (χ3n) is 6.96. The van der Waals surface area contributed by atoms with Crippen LogP contribution in [0.15, 0.2) is 77.3 Å². The van der Waals surface area contributed by atoms with Gasteiger partial charge in [0.2, 0.25) is 11.8 Å². The Bertz CT molecular complexity index is 1440. The van der Waals surface area contributed by atoms with Crippen LogP contribution in [0.4, 0.5) is 15.8 Å². The van der Waals surface area contributed by atoms with Crippen molar-refractivity contribution in [3.05, 3.63) is 99.2 Å². The maximum Gasteiger partial charge on any atom is 0.240 e. The molecule has 3 aromatic rings. The lowest BCUT2D eigenvalue weighted by atomic mass is 9.86. The zero-order valence-corrected chi connectivity index (χ0v) is 20.4. The van der Waals surface area contributed by atoms with Gasteiger partial charge in [0, 0.05) is 20.7 Å². The zero-order valence-electron chi connectivity index (χ0n) is 18.1. The first-order valence-electron chi connectivity index (χ1n) is 11.0. The molecular formula is C27H17BrClFN2O3. The normalized spacial score (nSPS) is 24.4. The van der Waals surface area contributed by atoms with E-state index in [2.05, 4.69) is 15.9 Å². The molecular weight excluding hydrogens is 535 g/mol. The first-order valence-corrected chi connectivity index (χ1v) is 12.2. The fourth-order valence-electron chi connectivity index (χ4n) is 5.49. The average molecular weight is 552 g/mol. The molecule has 2 fully saturated rings. The van der Waals surface area contributed by atoms with Gasteiger partial charge in [-0.1, -0.05) is 70.0 Å². The molecule has 35 heavy (non-hydrogen) atoms. The highest BCUT2D eigenvalue weighted by Crippen LogP contribution is 2.50. The Morgan fingerprint density at radius 3 is 2.37 bits per heavy atom. The number of hydrogen-bond acceptors (Lipinski definition) is 4. The van der Waals surface area contributed by atoms with Gasteiger partial charge in [-0.2, -0.15) is 0 Å². The van der Waals surface area contributed by atoms with Gasteiger partial charge in [0.1, 0.15) is 11.9 Å². The largest absolute Gasteiger partial charge is 0.352 e. The molecule has 0 aliphatic carbocycles. The molecule has 3 heterocycles. The van der Waals surface area contributed by atoms with Crippen LogP contribution in [-0.2, 0) is 9.59 Å². The fourth-order valence-corrected chi connectivity index (χ4v) is 5.92. The Morgan fingerprint density at radius 2 is 1.63 bits per heavy atom. The van der Waals surface area contributed by atoms with E-state index in [0.717, 1.165) is 14.9 Å². The Labute approximate surface area is 213 Å². The number of halogens is 3. The van der Waals surface area contributed by atoms with E-state index < -0.39 is 41.6 Å². The van der Waals surface area contributed by atoms with Crippen LogP contribution >= 0.6 is 27.5 Å². The van der Waals surface area contributed by atoms with Crippen molar-refractivity contribution in [1.82, 2.24) is 0 Å². The van der Waals surface area contributed by atoms with Gasteiger partial charge < -0.3 is 4.90 Å². The van der Waals surface area contributed by atoms with E-state index in [1.165, 1.54) is 18.2 Å². The monoisotopic (exact) mass is 550 g/mol. The number of para-hydroxylation sites is 1. The fraction of sp³-hybridized carbons (Fsp3) is 0.148. The van der Waals surface area contributed by atoms with Crippen molar-refractivity contribution in [1.29, 1.82) is 0 Å². The van der Waals surface area contributed by atoms with E-state index in [0.29, 0.717) is 16.3 Å². The average Bonchev–Trinajstić information content (AvgIpc) is 3.32. The molecule has 0 unspecified atom stereocenters. The molecule has 4 atom stereocenters. The Kier molecular flexibility index (Phi) is 5.16. The molecule has 5 nitrogen and oxygen atoms in total. The van der Waals surface area contributed by atoms with Crippen LogP contribution in [0.3, 0.4) is 0 Å². The number of ketones is 1. The van der Waals surface area contributed by atoms with Gasteiger partial charge in [-0.3, -0.25) is 14.4 Å². The third kappa shape index (κ3) is 3.29. The molecule has 6 rings (SSSR count). The molecule has 0 bridgehead atoms. The molecule has 0 aromatic heterocycles. The van der Waals surface area contributed by atoms with Crippen LogP contribution in [0.2, 0.25) is 5.02 Å². The van der Waals surface area contributed by atoms with Crippen molar-refractivity contribution < 1.29 is 18.8 Å². The van der Waals surface area contributed by atoms with Crippen LogP contribution in [0.1, 0.15) is 15.9 Å². The number of imide groups is 1. The highest BCUT2D eigenvalue weighted by molar-refractivity contribution is 9.10. The van der Waals surface area contributed by atoms with Gasteiger partial charge in [0.25, 0.3) is 0 Å². The second kappa shape index (κ2) is 8.14. The van der Waals surface area contributed by atoms with Crippen LogP contribution in [-0.4, -0.2) is 29.7 Å². The number of hydrogen-bond donors (Lipinski definition) is 0. The number of benzene rings is 3. The van der Waals surface area contributed by atoms with Crippen molar-refractivity contribution in [2.45, 2.75) is 12.1 Å². The van der Waals surface area contributed by atoms with Gasteiger partial charge in [-0.25, -0.2) is 9.29 Å². The standard InChI is InChI=1S/C27H17BrClFN2O3/c28-16-9-5-15(6-10-16)25(33)24-23-22(20-12-8-14-7-11-17(29)13-21(14)31(20)24)26(34)32(27(23)35)19-4-2-1-3-18(19)30/h1-13,20,22-24H/t20-,22-,23-,24+/m0/s1. The minimum atomic E-state index is -0.974. The summed E-state index contributed by atoms with van der Waals surface area (Å²) in [4.78, 5) is 44.1. The first-order chi connectivity index (χ1) is 16.9. The molecule has 3 aliphatic rings. The van der Waals surface area contributed by atoms with Gasteiger partial charge in [0.15, 0.2) is 5.78 Å². The molecule has 3 aromatic carbocycles. The predicted molar refractivity (Wildman–Crippen MR) is 135 cm³/mol. The highest BCUT2D eigenvalue weighted by Gasteiger charge is 2.64. The zero-order chi connectivity index (χ0) is 24.4. The molecule has 0 spiro atoms. The molecule has 2 amide bonds. The van der Waals surface area contributed by atoms with Crippen molar-refractivity contribution in [2.24, 2.45) is 11.8 Å². The Hall–Kier alpha value is -3.29. The summed E-state index contributed by atoms with van der Waals surface area (Å²) in [6.07, 6.45) is 3.72. The van der Waals surface area contributed by atoms with E-state index >= 15 is 0 Å². The Balaban J connectivity index is 1.52. The van der Waals surface area contributed by atoms with Crippen molar-refractivity contribution in [2.75, 3.05) is 9.80 Å². The number of fused-ring (bicyclic) bond motifs is 5. The van der Waals surface area contributed by atoms with Crippen molar-refractivity contribution in [3.8, 4) is 0 Å². The number of Topliss-reactive ketones (excluding diaryl/α,β-unsaturated/α-hetero) is 1. The summed E-state index contributed by atoms with van der Waals surface area (Å²) in [6.45, 7) is 0. The molecule has 0 N–H and O–H groups in total. The highest BCUT2D eigenvalue weighted by atomic mass is 79.9. The van der Waals surface area contributed by atoms with E-state index in [1.807, 2.05) is 23.1 Å². The van der Waals surface area contributed by atoms with E-state index in [1.54, 1.807) is 42.5 Å². The lowest BCUT2D eigenvalue weighted by Crippen LogP contribution is -2.49. The molecule has 8 heteroatoms. The van der Waals surface area contributed by atoms with E-state index in [4.69, 9.17) is 11.6 Å². The molecule has 3 aliphatic heterocycles. The van der Waals surface area contributed by atoms with Crippen molar-refractivity contribution in [3.63, 3.8) is 0 Å². The van der Waals surface area contributed by atoms with Gasteiger partial charge in [-0.05, 0) is 42.0 Å². The number of anilines is 2. The first kappa shape index (κ1) is 22.2. The van der Waals surface area contributed by atoms with Gasteiger partial charge in [-0.15, -0.1) is 0 Å². The summed E-state index contributed by atoms with van der Waals surface area (Å²) >= 11 is 9.68. The van der Waals surface area contributed by atoms with E-state index in [-0.39, 0.29) is 11.5 Å². The molecule has 174 valence electrons. The quantitative estimate of drug-likeness (QED) is 0.318. The summed E-state index contributed by atoms with van der Waals surface area (Å²) in [5, 5.41) is 0.482. The third-order valence-corrected chi connectivity index (χ3v) is 7.73. The van der Waals surface area contributed by atoms with Crippen molar-refractivity contribution >= 4 is 62.6 Å². The number of nitrogens with zero attached hydrogens (tertiary/aromatic N) is 2. The summed E-state index contributed by atoms with van der Waals surface area (Å²) in [7, 11) is 0. The smallest absolute Gasteiger partial charge is 0.240 e. The second-order valence-electron chi connectivity index (χ2n) is 8.79. The Morgan fingerprint density at radius 1 is 0.914 bits per heavy atom. The maximum atomic E-state index is 14.6. The van der Waals surface area contributed by atoms with Crippen LogP contribution in [0, 0.1) is 17.7 Å². The minimum absolute atomic E-state index is 0.0958. The van der Waals surface area contributed by atoms with Crippen LogP contribution in [0.25, 0.3) is 6.08 Å². The predicted octanol–water partition coefficient (Wildman–Crippen LogP) is 5.51. The van der Waals surface area contributed by atoms with Gasteiger partial charge >= 0.3 is 0 Å². The lowest BCUT2D eigenvalue weighted by Gasteiger charge is -2.36. The number of rotatable bonds is 3. The summed E-state index contributed by atoms with van der Waals surface area (Å²) in [5.74, 6) is -3.85. The number of carbonyl (C=O) groups is 3. The molecule has 0 radical (unpaired) electrons. The van der Waals surface area contributed by atoms with Gasteiger partial charge in [0.05, 0.1) is 23.6 Å². The van der Waals surface area contributed by atoms with E-state index in [9.17, 15) is 18.8 Å². The second-order valence-corrected chi connectivity index (χ2v) is 10.1. The maximum absolute atomic E-state index is 14.6. The van der Waals surface area contributed by atoms with Crippen LogP contribution in [0.5, 0.6) is 0 Å². The summed E-state index contributed by atoms with van der Waals surface area (Å²) in [5.41, 5.74) is 1.85. The molecule has 0 saturated carbocycles. The number of amides is 2.